The average molecular weight is 390 g/mol. The number of esters is 2. The third-order valence-electron chi connectivity index (χ3n) is 3.91. The minimum atomic E-state index is -0.751. The van der Waals surface area contributed by atoms with Crippen LogP contribution in [0.1, 0.15) is 19.4 Å². The summed E-state index contributed by atoms with van der Waals surface area (Å²) < 4.78 is 26.2. The molecule has 0 radical (unpaired) electrons. The van der Waals surface area contributed by atoms with Gasteiger partial charge in [-0.3, -0.25) is 0 Å². The molecule has 0 aliphatic carbocycles. The quantitative estimate of drug-likeness (QED) is 0.643. The van der Waals surface area contributed by atoms with Crippen LogP contribution >= 0.6 is 0 Å². The summed E-state index contributed by atoms with van der Waals surface area (Å²) in [6, 6.07) is 5.16. The van der Waals surface area contributed by atoms with E-state index >= 15 is 0 Å². The maximum Gasteiger partial charge on any atom is 0.355 e. The smallest absolute Gasteiger partial charge is 0.355 e. The van der Waals surface area contributed by atoms with Crippen molar-refractivity contribution in [1.82, 2.24) is 0 Å². The Kier molecular flexibility index (Phi) is 7.23. The highest BCUT2D eigenvalue weighted by atomic mass is 16.5. The van der Waals surface area contributed by atoms with Crippen molar-refractivity contribution in [3.8, 4) is 17.6 Å². The fraction of sp³-hybridized carbons (Fsp3) is 0.421. The van der Waals surface area contributed by atoms with Crippen molar-refractivity contribution in [3.05, 3.63) is 29.0 Å². The van der Waals surface area contributed by atoms with E-state index in [1.165, 1.54) is 25.2 Å². The van der Waals surface area contributed by atoms with Crippen molar-refractivity contribution in [2.24, 2.45) is 0 Å². The molecule has 0 spiro atoms. The predicted octanol–water partition coefficient (Wildman–Crippen LogP) is 1.75. The number of anilines is 1. The summed E-state index contributed by atoms with van der Waals surface area (Å²) in [6.07, 6.45) is 0. The zero-order valence-corrected chi connectivity index (χ0v) is 16.2. The molecule has 0 amide bonds. The van der Waals surface area contributed by atoms with Crippen LogP contribution in [0.3, 0.4) is 0 Å². The summed E-state index contributed by atoms with van der Waals surface area (Å²) in [5, 5.41) is 9.63. The molecule has 0 saturated heterocycles. The van der Waals surface area contributed by atoms with Crippen molar-refractivity contribution in [2.75, 3.05) is 45.7 Å². The lowest BCUT2D eigenvalue weighted by Crippen LogP contribution is -2.39. The topological polar surface area (TPSA) is 107 Å². The number of ether oxygens (including phenoxy) is 5. The first-order chi connectivity index (χ1) is 13.5. The van der Waals surface area contributed by atoms with Crippen LogP contribution in [0.15, 0.2) is 23.4 Å². The molecular formula is C19H22N2O7. The second kappa shape index (κ2) is 9.62. The maximum atomic E-state index is 12.4. The van der Waals surface area contributed by atoms with Crippen LogP contribution in [0, 0.1) is 11.3 Å². The van der Waals surface area contributed by atoms with Gasteiger partial charge < -0.3 is 28.6 Å². The van der Waals surface area contributed by atoms with Crippen molar-refractivity contribution < 1.29 is 33.3 Å². The predicted molar refractivity (Wildman–Crippen MR) is 97.9 cm³/mol. The van der Waals surface area contributed by atoms with Crippen LogP contribution in [-0.4, -0.2) is 52.7 Å². The van der Waals surface area contributed by atoms with Crippen molar-refractivity contribution in [3.63, 3.8) is 0 Å². The van der Waals surface area contributed by atoms with Gasteiger partial charge in [0.15, 0.2) is 11.5 Å². The number of hydrogen-bond donors (Lipinski definition) is 0. The van der Waals surface area contributed by atoms with E-state index in [1.807, 2.05) is 13.8 Å². The van der Waals surface area contributed by atoms with Crippen molar-refractivity contribution in [1.29, 1.82) is 5.26 Å². The Labute approximate surface area is 163 Å². The van der Waals surface area contributed by atoms with Crippen LogP contribution in [0.2, 0.25) is 0 Å². The van der Waals surface area contributed by atoms with E-state index in [4.69, 9.17) is 23.7 Å². The second-order valence-corrected chi connectivity index (χ2v) is 5.51. The van der Waals surface area contributed by atoms with Crippen LogP contribution in [0.25, 0.3) is 0 Å². The normalized spacial score (nSPS) is 13.6. The summed E-state index contributed by atoms with van der Waals surface area (Å²) in [7, 11) is 2.40. The molecule has 2 rings (SSSR count). The molecule has 1 heterocycles. The van der Waals surface area contributed by atoms with E-state index in [0.717, 1.165) is 0 Å². The Morgan fingerprint density at radius 3 is 2.25 bits per heavy atom. The first-order valence-corrected chi connectivity index (χ1v) is 8.61. The Morgan fingerprint density at radius 1 is 1.11 bits per heavy atom. The highest BCUT2D eigenvalue weighted by Gasteiger charge is 2.34. The Bertz CT molecular complexity index is 826. The molecule has 9 heteroatoms. The lowest BCUT2D eigenvalue weighted by atomic mass is 10.1. The molecule has 1 aromatic rings. The van der Waals surface area contributed by atoms with Gasteiger partial charge in [0.2, 0.25) is 0 Å². The van der Waals surface area contributed by atoms with Gasteiger partial charge in [-0.2, -0.15) is 5.26 Å². The van der Waals surface area contributed by atoms with Crippen molar-refractivity contribution in [2.45, 2.75) is 13.8 Å². The largest absolute Gasteiger partial charge is 0.490 e. The van der Waals surface area contributed by atoms with E-state index in [0.29, 0.717) is 30.4 Å². The zero-order valence-electron chi connectivity index (χ0n) is 16.2. The Hall–Kier alpha value is -3.25. The number of benzene rings is 1. The summed E-state index contributed by atoms with van der Waals surface area (Å²) in [5.41, 5.74) is 0.471. The number of rotatable bonds is 7. The molecule has 28 heavy (non-hydrogen) atoms. The van der Waals surface area contributed by atoms with Crippen LogP contribution in [0.5, 0.6) is 11.5 Å². The molecule has 9 nitrogen and oxygen atoms in total. The lowest BCUT2D eigenvalue weighted by molar-refractivity contribution is -0.140. The third-order valence-corrected chi connectivity index (χ3v) is 3.91. The molecule has 1 aliphatic heterocycles. The molecular weight excluding hydrogens is 368 g/mol. The van der Waals surface area contributed by atoms with Gasteiger partial charge in [0.25, 0.3) is 0 Å². The number of nitriles is 1. The highest BCUT2D eigenvalue weighted by Crippen LogP contribution is 2.38. The Morgan fingerprint density at radius 2 is 1.71 bits per heavy atom. The summed E-state index contributed by atoms with van der Waals surface area (Å²) in [6.45, 7) is 4.19. The minimum Gasteiger partial charge on any atom is -0.490 e. The molecule has 0 atom stereocenters. The molecule has 0 saturated carbocycles. The number of carbonyl (C=O) groups excluding carboxylic acids is 2. The Balaban J connectivity index is 2.69. The SMILES string of the molecule is CCOc1cc(C#N)c(N2COCC(C(=O)OC)=C2C(=O)OC)cc1OCC. The highest BCUT2D eigenvalue weighted by molar-refractivity contribution is 6.03. The first-order valence-electron chi connectivity index (χ1n) is 8.61. The molecule has 0 N–H and O–H groups in total. The van der Waals surface area contributed by atoms with Gasteiger partial charge in [0.1, 0.15) is 18.5 Å². The van der Waals surface area contributed by atoms with E-state index in [1.54, 1.807) is 6.07 Å². The van der Waals surface area contributed by atoms with Gasteiger partial charge >= 0.3 is 11.9 Å². The van der Waals surface area contributed by atoms with E-state index < -0.39 is 11.9 Å². The third kappa shape index (κ3) is 4.18. The first kappa shape index (κ1) is 21.1. The van der Waals surface area contributed by atoms with Crippen LogP contribution < -0.4 is 14.4 Å². The molecule has 0 bridgehead atoms. The number of nitrogens with zero attached hydrogens (tertiary/aromatic N) is 2. The standard InChI is InChI=1S/C19H22N2O7/c1-5-27-15-7-12(9-20)14(8-16(15)28-6-2)21-11-26-10-13(18(22)24-3)17(21)19(23)25-4/h7-8H,5-6,10-11H2,1-4H3. The van der Waals surface area contributed by atoms with E-state index in [2.05, 4.69) is 6.07 Å². The second-order valence-electron chi connectivity index (χ2n) is 5.51. The van der Waals surface area contributed by atoms with E-state index in [-0.39, 0.29) is 30.2 Å². The fourth-order valence-electron chi connectivity index (χ4n) is 2.73. The van der Waals surface area contributed by atoms with Crippen LogP contribution in [0.4, 0.5) is 5.69 Å². The molecule has 0 unspecified atom stereocenters. The minimum absolute atomic E-state index is 0.00339. The molecule has 0 aromatic heterocycles. The summed E-state index contributed by atoms with van der Waals surface area (Å²) >= 11 is 0. The number of hydrogen-bond acceptors (Lipinski definition) is 9. The average Bonchev–Trinajstić information content (AvgIpc) is 2.73. The van der Waals surface area contributed by atoms with Gasteiger partial charge in [-0.1, -0.05) is 0 Å². The van der Waals surface area contributed by atoms with Gasteiger partial charge in [-0.25, -0.2) is 9.59 Å². The summed E-state index contributed by atoms with van der Waals surface area (Å²) in [5.74, 6) is -0.675. The molecule has 150 valence electrons. The van der Waals surface area contributed by atoms with E-state index in [9.17, 15) is 14.9 Å². The zero-order chi connectivity index (χ0) is 20.7. The monoisotopic (exact) mass is 390 g/mol. The number of carbonyl (C=O) groups is 2. The molecule has 0 fully saturated rings. The molecule has 1 aliphatic rings. The van der Waals surface area contributed by atoms with Crippen molar-refractivity contribution >= 4 is 17.6 Å². The van der Waals surface area contributed by atoms with Crippen LogP contribution in [-0.2, 0) is 23.8 Å². The van der Waals surface area contributed by atoms with Gasteiger partial charge in [-0.15, -0.1) is 0 Å². The lowest BCUT2D eigenvalue weighted by Gasteiger charge is -2.32. The van der Waals surface area contributed by atoms with Gasteiger partial charge in [0, 0.05) is 12.1 Å². The number of methoxy groups -OCH3 is 2. The van der Waals surface area contributed by atoms with Gasteiger partial charge in [0.05, 0.1) is 50.9 Å². The van der Waals surface area contributed by atoms with Gasteiger partial charge in [-0.05, 0) is 13.8 Å². The molecule has 1 aromatic carbocycles. The summed E-state index contributed by atoms with van der Waals surface area (Å²) in [4.78, 5) is 26.0. The fourth-order valence-corrected chi connectivity index (χ4v) is 2.73. The maximum absolute atomic E-state index is 12.4.